The molecule has 3 aromatic rings. The molecule has 1 aliphatic rings. The van der Waals surface area contributed by atoms with Crippen LogP contribution in [0.2, 0.25) is 0 Å². The Bertz CT molecular complexity index is 1240. The first-order valence-electron chi connectivity index (χ1n) is 10.7. The third-order valence-corrected chi connectivity index (χ3v) is 6.07. The lowest BCUT2D eigenvalue weighted by atomic mass is 10.2. The van der Waals surface area contributed by atoms with Crippen molar-refractivity contribution < 1.29 is 19.2 Å². The van der Waals surface area contributed by atoms with E-state index in [-0.39, 0.29) is 17.0 Å². The Labute approximate surface area is 204 Å². The Hall–Kier alpha value is -3.97. The quantitative estimate of drug-likeness (QED) is 0.284. The standard InChI is InChI=1S/C22H23N7O5S/c1-15-4-2-6-17(12-15)28-21(27-8-10-34-11-9-27)25-26-22(28)35-14-19(30)23-24-20(31)16-5-3-7-18(13-16)29(32)33/h2-7,12-13H,8-11,14H2,1H3,(H,23,30)(H,24,31). The van der Waals surface area contributed by atoms with Gasteiger partial charge in [0.1, 0.15) is 0 Å². The number of nitro benzene ring substituents is 1. The van der Waals surface area contributed by atoms with Gasteiger partial charge in [-0.05, 0) is 30.7 Å². The van der Waals surface area contributed by atoms with E-state index in [2.05, 4.69) is 25.9 Å². The van der Waals surface area contributed by atoms with E-state index in [1.54, 1.807) is 0 Å². The van der Waals surface area contributed by atoms with Gasteiger partial charge in [0.05, 0.1) is 29.6 Å². The number of nitrogens with zero attached hydrogens (tertiary/aromatic N) is 5. The van der Waals surface area contributed by atoms with Gasteiger partial charge in [-0.1, -0.05) is 30.0 Å². The number of nitro groups is 1. The fraction of sp³-hybridized carbons (Fsp3) is 0.273. The molecule has 2 N–H and O–H groups in total. The second-order valence-corrected chi connectivity index (χ2v) is 8.60. The SMILES string of the molecule is Cc1cccc(-n2c(SCC(=O)NNC(=O)c3cccc([N+](=O)[O-])c3)nnc2N2CCOCC2)c1. The molecule has 2 heterocycles. The van der Waals surface area contributed by atoms with Gasteiger partial charge < -0.3 is 9.64 Å². The van der Waals surface area contributed by atoms with Crippen LogP contribution in [0, 0.1) is 17.0 Å². The van der Waals surface area contributed by atoms with Gasteiger partial charge in [0.25, 0.3) is 11.6 Å². The van der Waals surface area contributed by atoms with Crippen LogP contribution in [-0.4, -0.2) is 63.6 Å². The monoisotopic (exact) mass is 497 g/mol. The molecule has 0 bridgehead atoms. The maximum atomic E-state index is 12.4. The number of hydrogen-bond acceptors (Lipinski definition) is 9. The predicted molar refractivity (Wildman–Crippen MR) is 129 cm³/mol. The number of hydrazine groups is 1. The van der Waals surface area contributed by atoms with E-state index in [4.69, 9.17) is 4.74 Å². The van der Waals surface area contributed by atoms with E-state index < -0.39 is 16.7 Å². The van der Waals surface area contributed by atoms with Crippen molar-refractivity contribution >= 4 is 35.2 Å². The van der Waals surface area contributed by atoms with Crippen LogP contribution in [0.1, 0.15) is 15.9 Å². The molecule has 1 aliphatic heterocycles. The Balaban J connectivity index is 1.43. The summed E-state index contributed by atoms with van der Waals surface area (Å²) in [5.74, 6) is -0.506. The molecule has 0 radical (unpaired) electrons. The van der Waals surface area contributed by atoms with Crippen molar-refractivity contribution in [2.24, 2.45) is 0 Å². The van der Waals surface area contributed by atoms with Gasteiger partial charge in [-0.25, -0.2) is 0 Å². The van der Waals surface area contributed by atoms with Gasteiger partial charge in [0.15, 0.2) is 5.16 Å². The van der Waals surface area contributed by atoms with Crippen molar-refractivity contribution in [2.75, 3.05) is 37.0 Å². The van der Waals surface area contributed by atoms with Crippen LogP contribution >= 0.6 is 11.8 Å². The maximum Gasteiger partial charge on any atom is 0.270 e. The van der Waals surface area contributed by atoms with Gasteiger partial charge in [-0.15, -0.1) is 10.2 Å². The molecule has 13 heteroatoms. The summed E-state index contributed by atoms with van der Waals surface area (Å²) in [7, 11) is 0. The second kappa shape index (κ2) is 11.0. The Kier molecular flexibility index (Phi) is 7.57. The number of ether oxygens (including phenoxy) is 1. The summed E-state index contributed by atoms with van der Waals surface area (Å²) in [6, 6.07) is 13.1. The molecule has 1 fully saturated rings. The summed E-state index contributed by atoms with van der Waals surface area (Å²) >= 11 is 1.17. The topological polar surface area (TPSA) is 145 Å². The number of hydrogen-bond donors (Lipinski definition) is 2. The van der Waals surface area contributed by atoms with Crippen LogP contribution in [0.3, 0.4) is 0 Å². The lowest BCUT2D eigenvalue weighted by molar-refractivity contribution is -0.384. The predicted octanol–water partition coefficient (Wildman–Crippen LogP) is 1.87. The third-order valence-electron chi connectivity index (χ3n) is 5.14. The minimum Gasteiger partial charge on any atom is -0.378 e. The number of amides is 2. The molecule has 0 spiro atoms. The molecule has 1 aromatic heterocycles. The first kappa shape index (κ1) is 24.2. The number of nitrogens with one attached hydrogen (secondary N) is 2. The average Bonchev–Trinajstić information content (AvgIpc) is 3.30. The molecule has 2 aromatic carbocycles. The van der Waals surface area contributed by atoms with Crippen LogP contribution in [0.25, 0.3) is 5.69 Å². The van der Waals surface area contributed by atoms with E-state index in [0.29, 0.717) is 37.4 Å². The van der Waals surface area contributed by atoms with Crippen LogP contribution < -0.4 is 15.8 Å². The molecular weight excluding hydrogens is 474 g/mol. The summed E-state index contributed by atoms with van der Waals surface area (Å²) in [5, 5.41) is 20.1. The number of non-ortho nitro benzene ring substituents is 1. The zero-order valence-corrected chi connectivity index (χ0v) is 19.7. The molecule has 182 valence electrons. The molecule has 0 saturated carbocycles. The minimum atomic E-state index is -0.662. The highest BCUT2D eigenvalue weighted by Gasteiger charge is 2.22. The first-order valence-corrected chi connectivity index (χ1v) is 11.7. The van der Waals surface area contributed by atoms with Gasteiger partial charge in [-0.3, -0.25) is 35.1 Å². The van der Waals surface area contributed by atoms with Crippen molar-refractivity contribution in [3.8, 4) is 5.69 Å². The third kappa shape index (κ3) is 5.94. The maximum absolute atomic E-state index is 12.4. The molecular formula is C22H23N7O5S. The van der Waals surface area contributed by atoms with E-state index >= 15 is 0 Å². The number of thioether (sulfide) groups is 1. The summed E-state index contributed by atoms with van der Waals surface area (Å²) in [5.41, 5.74) is 6.38. The van der Waals surface area contributed by atoms with Gasteiger partial charge in [0.2, 0.25) is 11.9 Å². The van der Waals surface area contributed by atoms with Crippen LogP contribution in [0.15, 0.2) is 53.7 Å². The van der Waals surface area contributed by atoms with Crippen LogP contribution in [0.5, 0.6) is 0 Å². The number of morpholine rings is 1. The van der Waals surface area contributed by atoms with Gasteiger partial charge in [0, 0.05) is 30.8 Å². The molecule has 0 unspecified atom stereocenters. The molecule has 2 amide bonds. The van der Waals surface area contributed by atoms with E-state index in [0.717, 1.165) is 17.3 Å². The number of aryl methyl sites for hydroxylation is 1. The Morgan fingerprint density at radius 2 is 1.89 bits per heavy atom. The first-order chi connectivity index (χ1) is 16.9. The van der Waals surface area contributed by atoms with Crippen molar-refractivity contribution in [2.45, 2.75) is 12.1 Å². The number of rotatable bonds is 7. The number of carbonyl (C=O) groups excluding carboxylic acids is 2. The zero-order chi connectivity index (χ0) is 24.8. The molecule has 4 rings (SSSR count). The van der Waals surface area contributed by atoms with E-state index in [1.807, 2.05) is 35.8 Å². The van der Waals surface area contributed by atoms with Gasteiger partial charge in [-0.2, -0.15) is 0 Å². The summed E-state index contributed by atoms with van der Waals surface area (Å²) < 4.78 is 7.34. The number of benzene rings is 2. The normalized spacial score (nSPS) is 13.3. The van der Waals surface area contributed by atoms with Crippen LogP contribution in [-0.2, 0) is 9.53 Å². The van der Waals surface area contributed by atoms with E-state index in [1.165, 1.54) is 30.0 Å². The summed E-state index contributed by atoms with van der Waals surface area (Å²) in [6.07, 6.45) is 0. The average molecular weight is 498 g/mol. The Morgan fingerprint density at radius 3 is 2.63 bits per heavy atom. The highest BCUT2D eigenvalue weighted by molar-refractivity contribution is 7.99. The van der Waals surface area contributed by atoms with Crippen molar-refractivity contribution in [3.05, 3.63) is 69.8 Å². The molecule has 0 atom stereocenters. The number of anilines is 1. The molecule has 12 nitrogen and oxygen atoms in total. The lowest BCUT2D eigenvalue weighted by Gasteiger charge is -2.28. The fourth-order valence-electron chi connectivity index (χ4n) is 3.44. The number of aromatic nitrogens is 3. The highest BCUT2D eigenvalue weighted by atomic mass is 32.2. The van der Waals surface area contributed by atoms with Crippen LogP contribution in [0.4, 0.5) is 11.6 Å². The smallest absolute Gasteiger partial charge is 0.270 e. The molecule has 0 aliphatic carbocycles. The Morgan fingerprint density at radius 1 is 1.11 bits per heavy atom. The van der Waals surface area contributed by atoms with Crippen molar-refractivity contribution in [1.29, 1.82) is 0 Å². The molecule has 35 heavy (non-hydrogen) atoms. The molecule has 1 saturated heterocycles. The largest absolute Gasteiger partial charge is 0.378 e. The number of carbonyl (C=O) groups is 2. The fourth-order valence-corrected chi connectivity index (χ4v) is 4.19. The second-order valence-electron chi connectivity index (χ2n) is 7.65. The summed E-state index contributed by atoms with van der Waals surface area (Å²) in [6.45, 7) is 4.54. The van der Waals surface area contributed by atoms with Crippen molar-refractivity contribution in [1.82, 2.24) is 25.6 Å². The van der Waals surface area contributed by atoms with E-state index in [9.17, 15) is 19.7 Å². The minimum absolute atomic E-state index is 0.0394. The van der Waals surface area contributed by atoms with Gasteiger partial charge >= 0.3 is 0 Å². The highest BCUT2D eigenvalue weighted by Crippen LogP contribution is 2.27. The lowest BCUT2D eigenvalue weighted by Crippen LogP contribution is -2.42. The summed E-state index contributed by atoms with van der Waals surface area (Å²) in [4.78, 5) is 37.0. The zero-order valence-electron chi connectivity index (χ0n) is 18.8. The van der Waals surface area contributed by atoms with Crippen molar-refractivity contribution in [3.63, 3.8) is 0 Å².